The second kappa shape index (κ2) is 6.70. The van der Waals surface area contributed by atoms with Gasteiger partial charge < -0.3 is 10.1 Å². The zero-order valence-electron chi connectivity index (χ0n) is 9.29. The van der Waals surface area contributed by atoms with E-state index in [2.05, 4.69) is 12.2 Å². The Hall–Kier alpha value is -0.730. The second-order valence-electron chi connectivity index (χ2n) is 3.73. The van der Waals surface area contributed by atoms with Crippen LogP contribution in [0, 0.1) is 5.92 Å². The van der Waals surface area contributed by atoms with Crippen molar-refractivity contribution in [2.45, 2.75) is 13.3 Å². The molecule has 1 N–H and O–H groups in total. The second-order valence-corrected chi connectivity index (χ2v) is 4.14. The van der Waals surface area contributed by atoms with Crippen molar-refractivity contribution in [3.05, 3.63) is 29.3 Å². The first-order valence-corrected chi connectivity index (χ1v) is 5.63. The van der Waals surface area contributed by atoms with Crippen LogP contribution in [0.5, 0.6) is 5.75 Å². The van der Waals surface area contributed by atoms with Crippen LogP contribution in [0.2, 0.25) is 5.02 Å². The van der Waals surface area contributed by atoms with E-state index >= 15 is 0 Å². The van der Waals surface area contributed by atoms with Gasteiger partial charge in [-0.15, -0.1) is 0 Å². The molecule has 0 aliphatic rings. The van der Waals surface area contributed by atoms with Crippen molar-refractivity contribution >= 4 is 11.6 Å². The third-order valence-electron chi connectivity index (χ3n) is 2.26. The number of rotatable bonds is 6. The van der Waals surface area contributed by atoms with Crippen molar-refractivity contribution in [3.63, 3.8) is 0 Å². The molecule has 1 atom stereocenters. The summed E-state index contributed by atoms with van der Waals surface area (Å²) in [5, 5.41) is 3.83. The van der Waals surface area contributed by atoms with E-state index in [1.54, 1.807) is 0 Å². The van der Waals surface area contributed by atoms with Crippen LogP contribution in [0.15, 0.2) is 24.3 Å². The van der Waals surface area contributed by atoms with Crippen molar-refractivity contribution in [2.75, 3.05) is 20.2 Å². The lowest BCUT2D eigenvalue weighted by Crippen LogP contribution is -2.18. The molecule has 0 bridgehead atoms. The predicted molar refractivity (Wildman–Crippen MR) is 64.7 cm³/mol. The van der Waals surface area contributed by atoms with Gasteiger partial charge in [-0.25, -0.2) is 0 Å². The van der Waals surface area contributed by atoms with E-state index in [0.29, 0.717) is 17.5 Å². The average Bonchev–Trinajstić information content (AvgIpc) is 2.21. The van der Waals surface area contributed by atoms with Gasteiger partial charge in [0.15, 0.2) is 0 Å². The fraction of sp³-hybridized carbons (Fsp3) is 0.500. The van der Waals surface area contributed by atoms with Crippen LogP contribution in [-0.2, 0) is 0 Å². The standard InChI is InChI=1S/C12H18ClNO/c1-10(9-14-2)7-8-15-12-6-4-3-5-11(12)13/h3-6,10,14H,7-9H2,1-2H3. The molecule has 2 nitrogen and oxygen atoms in total. The van der Waals surface area contributed by atoms with Crippen LogP contribution in [-0.4, -0.2) is 20.2 Å². The molecule has 1 aromatic carbocycles. The molecule has 15 heavy (non-hydrogen) atoms. The maximum Gasteiger partial charge on any atom is 0.137 e. The maximum atomic E-state index is 5.96. The number of benzene rings is 1. The number of hydrogen-bond acceptors (Lipinski definition) is 2. The van der Waals surface area contributed by atoms with Crippen LogP contribution >= 0.6 is 11.6 Å². The van der Waals surface area contributed by atoms with Crippen molar-refractivity contribution in [1.82, 2.24) is 5.32 Å². The molecular weight excluding hydrogens is 210 g/mol. The lowest BCUT2D eigenvalue weighted by Gasteiger charge is -2.12. The maximum absolute atomic E-state index is 5.96. The van der Waals surface area contributed by atoms with E-state index in [1.165, 1.54) is 0 Å². The molecule has 84 valence electrons. The average molecular weight is 228 g/mol. The summed E-state index contributed by atoms with van der Waals surface area (Å²) in [7, 11) is 1.96. The van der Waals surface area contributed by atoms with E-state index < -0.39 is 0 Å². The van der Waals surface area contributed by atoms with Gasteiger partial charge in [0.25, 0.3) is 0 Å². The Morgan fingerprint density at radius 1 is 1.40 bits per heavy atom. The van der Waals surface area contributed by atoms with E-state index in [-0.39, 0.29) is 0 Å². The monoisotopic (exact) mass is 227 g/mol. The summed E-state index contributed by atoms with van der Waals surface area (Å²) in [5.41, 5.74) is 0. The Kier molecular flexibility index (Phi) is 5.51. The minimum atomic E-state index is 0.623. The van der Waals surface area contributed by atoms with E-state index in [9.17, 15) is 0 Å². The highest BCUT2D eigenvalue weighted by Gasteiger charge is 2.02. The molecule has 0 aliphatic carbocycles. The Balaban J connectivity index is 2.29. The van der Waals surface area contributed by atoms with Gasteiger partial charge in [0.2, 0.25) is 0 Å². The summed E-state index contributed by atoms with van der Waals surface area (Å²) in [4.78, 5) is 0. The molecule has 0 spiro atoms. The molecule has 0 aromatic heterocycles. The minimum absolute atomic E-state index is 0.623. The molecule has 0 saturated carbocycles. The highest BCUT2D eigenvalue weighted by Crippen LogP contribution is 2.23. The number of halogens is 1. The molecular formula is C12H18ClNO. The normalized spacial score (nSPS) is 12.5. The lowest BCUT2D eigenvalue weighted by atomic mass is 10.1. The largest absolute Gasteiger partial charge is 0.492 e. The Morgan fingerprint density at radius 2 is 2.13 bits per heavy atom. The fourth-order valence-corrected chi connectivity index (χ4v) is 1.57. The fourth-order valence-electron chi connectivity index (χ4n) is 1.38. The predicted octanol–water partition coefficient (Wildman–Crippen LogP) is 2.96. The molecule has 0 saturated heterocycles. The van der Waals surface area contributed by atoms with Gasteiger partial charge in [-0.3, -0.25) is 0 Å². The van der Waals surface area contributed by atoms with Crippen molar-refractivity contribution in [3.8, 4) is 5.75 Å². The topological polar surface area (TPSA) is 21.3 Å². The Labute approximate surface area is 96.6 Å². The van der Waals surface area contributed by atoms with Gasteiger partial charge in [0.05, 0.1) is 11.6 Å². The summed E-state index contributed by atoms with van der Waals surface area (Å²) in [6, 6.07) is 7.57. The molecule has 0 amide bonds. The first kappa shape index (κ1) is 12.3. The smallest absolute Gasteiger partial charge is 0.137 e. The van der Waals surface area contributed by atoms with Gasteiger partial charge in [-0.1, -0.05) is 30.7 Å². The number of hydrogen-bond donors (Lipinski definition) is 1. The molecule has 0 radical (unpaired) electrons. The number of nitrogens with one attached hydrogen (secondary N) is 1. The Bertz CT molecular complexity index is 291. The van der Waals surface area contributed by atoms with Crippen LogP contribution in [0.1, 0.15) is 13.3 Å². The van der Waals surface area contributed by atoms with Gasteiger partial charge in [0, 0.05) is 0 Å². The SMILES string of the molecule is CNCC(C)CCOc1ccccc1Cl. The number of ether oxygens (including phenoxy) is 1. The molecule has 3 heteroatoms. The van der Waals surface area contributed by atoms with Gasteiger partial charge in [-0.2, -0.15) is 0 Å². The van der Waals surface area contributed by atoms with E-state index in [0.717, 1.165) is 18.7 Å². The molecule has 0 heterocycles. The summed E-state index contributed by atoms with van der Waals surface area (Å²) in [6.07, 6.45) is 1.03. The summed E-state index contributed by atoms with van der Waals surface area (Å²) in [6.45, 7) is 3.94. The van der Waals surface area contributed by atoms with Crippen LogP contribution < -0.4 is 10.1 Å². The first-order valence-electron chi connectivity index (χ1n) is 5.26. The molecule has 0 fully saturated rings. The number of para-hydroxylation sites is 1. The van der Waals surface area contributed by atoms with Crippen LogP contribution in [0.25, 0.3) is 0 Å². The van der Waals surface area contributed by atoms with Gasteiger partial charge in [-0.05, 0) is 38.1 Å². The third kappa shape index (κ3) is 4.54. The minimum Gasteiger partial charge on any atom is -0.492 e. The zero-order chi connectivity index (χ0) is 11.1. The lowest BCUT2D eigenvalue weighted by molar-refractivity contribution is 0.282. The van der Waals surface area contributed by atoms with Crippen LogP contribution in [0.3, 0.4) is 0 Å². The van der Waals surface area contributed by atoms with Gasteiger partial charge >= 0.3 is 0 Å². The van der Waals surface area contributed by atoms with Crippen LogP contribution in [0.4, 0.5) is 0 Å². The quantitative estimate of drug-likeness (QED) is 0.807. The molecule has 1 aromatic rings. The summed E-state index contributed by atoms with van der Waals surface area (Å²) < 4.78 is 5.59. The summed E-state index contributed by atoms with van der Waals surface area (Å²) in [5.74, 6) is 1.40. The van der Waals surface area contributed by atoms with E-state index in [1.807, 2.05) is 31.3 Å². The van der Waals surface area contributed by atoms with E-state index in [4.69, 9.17) is 16.3 Å². The Morgan fingerprint density at radius 3 is 2.80 bits per heavy atom. The van der Waals surface area contributed by atoms with Crippen molar-refractivity contribution in [1.29, 1.82) is 0 Å². The third-order valence-corrected chi connectivity index (χ3v) is 2.57. The van der Waals surface area contributed by atoms with Gasteiger partial charge in [0.1, 0.15) is 5.75 Å². The molecule has 0 aliphatic heterocycles. The van der Waals surface area contributed by atoms with Crippen molar-refractivity contribution < 1.29 is 4.74 Å². The molecule has 1 unspecified atom stereocenters. The first-order chi connectivity index (χ1) is 7.24. The zero-order valence-corrected chi connectivity index (χ0v) is 10.1. The summed E-state index contributed by atoms with van der Waals surface area (Å²) >= 11 is 5.96. The van der Waals surface area contributed by atoms with Crippen molar-refractivity contribution in [2.24, 2.45) is 5.92 Å². The highest BCUT2D eigenvalue weighted by atomic mass is 35.5. The highest BCUT2D eigenvalue weighted by molar-refractivity contribution is 6.32. The molecule has 1 rings (SSSR count).